The summed E-state index contributed by atoms with van der Waals surface area (Å²) in [4.78, 5) is 31.2. The predicted octanol–water partition coefficient (Wildman–Crippen LogP) is 5.99. The number of benzene rings is 3. The molecule has 0 radical (unpaired) electrons. The fourth-order valence-corrected chi connectivity index (χ4v) is 4.97. The average molecular weight is 466 g/mol. The van der Waals surface area contributed by atoms with Crippen LogP contribution in [0.3, 0.4) is 0 Å². The molecule has 0 aliphatic carbocycles. The number of amides is 1. The molecule has 0 spiro atoms. The highest BCUT2D eigenvalue weighted by Gasteiger charge is 2.15. The van der Waals surface area contributed by atoms with Crippen molar-refractivity contribution in [2.24, 2.45) is 0 Å². The fraction of sp³-hybridized carbons (Fsp3) is 0.107. The third kappa shape index (κ3) is 4.28. The smallest absolute Gasteiger partial charge is 0.263 e. The van der Waals surface area contributed by atoms with Crippen LogP contribution in [-0.4, -0.2) is 15.5 Å². The Hall–Kier alpha value is -4.03. The van der Waals surface area contributed by atoms with Crippen molar-refractivity contribution in [1.82, 2.24) is 9.55 Å². The normalized spacial score (nSPS) is 11.0. The van der Waals surface area contributed by atoms with Crippen LogP contribution in [0.25, 0.3) is 32.5 Å². The molecule has 0 bridgehead atoms. The second-order valence-electron chi connectivity index (χ2n) is 8.01. The molecule has 0 saturated heterocycles. The van der Waals surface area contributed by atoms with Crippen LogP contribution in [0.4, 0.5) is 5.69 Å². The quantitative estimate of drug-likeness (QED) is 0.335. The number of thiophene rings is 1. The van der Waals surface area contributed by atoms with Crippen molar-refractivity contribution in [1.29, 1.82) is 0 Å². The van der Waals surface area contributed by atoms with E-state index in [9.17, 15) is 9.59 Å². The highest BCUT2D eigenvalue weighted by molar-refractivity contribution is 7.17. The fourth-order valence-electron chi connectivity index (χ4n) is 4.06. The molecular formula is C28H23N3O2S. The standard InChI is InChI=1S/C28H23N3O2S/c1-2-19-8-6-7-11-24(19)30-25(32)16-31-18-29-27-26(28(31)33)23(17-34-27)22-14-12-21(13-15-22)20-9-4-3-5-10-20/h3-15,17-18H,2,16H2,1H3,(H,30,32). The van der Waals surface area contributed by atoms with Gasteiger partial charge in [-0.25, -0.2) is 4.98 Å². The summed E-state index contributed by atoms with van der Waals surface area (Å²) in [5, 5.41) is 5.42. The Balaban J connectivity index is 1.44. The van der Waals surface area contributed by atoms with E-state index in [-0.39, 0.29) is 18.0 Å². The maximum Gasteiger partial charge on any atom is 0.263 e. The van der Waals surface area contributed by atoms with E-state index in [0.29, 0.717) is 10.2 Å². The number of nitrogens with zero attached hydrogens (tertiary/aromatic N) is 2. The molecule has 168 valence electrons. The molecule has 34 heavy (non-hydrogen) atoms. The van der Waals surface area contributed by atoms with Gasteiger partial charge in [0.1, 0.15) is 11.4 Å². The molecule has 2 aromatic heterocycles. The first-order valence-corrected chi connectivity index (χ1v) is 12.0. The van der Waals surface area contributed by atoms with Gasteiger partial charge in [-0.3, -0.25) is 14.2 Å². The number of anilines is 1. The van der Waals surface area contributed by atoms with Crippen LogP contribution in [0.2, 0.25) is 0 Å². The molecule has 0 fully saturated rings. The van der Waals surface area contributed by atoms with Gasteiger partial charge < -0.3 is 5.32 Å². The van der Waals surface area contributed by atoms with E-state index in [1.54, 1.807) is 0 Å². The molecule has 5 aromatic rings. The number of carbonyl (C=O) groups is 1. The van der Waals surface area contributed by atoms with Crippen LogP contribution in [0, 0.1) is 0 Å². The third-order valence-electron chi connectivity index (χ3n) is 5.85. The topological polar surface area (TPSA) is 64.0 Å². The first-order chi connectivity index (χ1) is 16.6. The van der Waals surface area contributed by atoms with Crippen molar-refractivity contribution in [2.45, 2.75) is 19.9 Å². The lowest BCUT2D eigenvalue weighted by atomic mass is 10.0. The zero-order valence-corrected chi connectivity index (χ0v) is 19.5. The van der Waals surface area contributed by atoms with Crippen molar-refractivity contribution in [3.8, 4) is 22.3 Å². The van der Waals surface area contributed by atoms with Gasteiger partial charge in [0.05, 0.1) is 11.7 Å². The molecule has 5 rings (SSSR count). The van der Waals surface area contributed by atoms with Gasteiger partial charge in [0.15, 0.2) is 0 Å². The predicted molar refractivity (Wildman–Crippen MR) is 139 cm³/mol. The van der Waals surface area contributed by atoms with Crippen molar-refractivity contribution in [3.05, 3.63) is 106 Å². The van der Waals surface area contributed by atoms with Gasteiger partial charge in [0, 0.05) is 16.6 Å². The number of aromatic nitrogens is 2. The summed E-state index contributed by atoms with van der Waals surface area (Å²) in [5.41, 5.74) is 5.65. The summed E-state index contributed by atoms with van der Waals surface area (Å²) in [6.45, 7) is 1.94. The first-order valence-electron chi connectivity index (χ1n) is 11.1. The van der Waals surface area contributed by atoms with Crippen molar-refractivity contribution in [2.75, 3.05) is 5.32 Å². The molecule has 1 amide bonds. The van der Waals surface area contributed by atoms with E-state index in [2.05, 4.69) is 34.6 Å². The Kier molecular flexibility index (Phi) is 6.06. The van der Waals surface area contributed by atoms with Gasteiger partial charge in [0.2, 0.25) is 5.91 Å². The number of hydrogen-bond acceptors (Lipinski definition) is 4. The van der Waals surface area contributed by atoms with E-state index < -0.39 is 0 Å². The maximum absolute atomic E-state index is 13.3. The van der Waals surface area contributed by atoms with Gasteiger partial charge in [-0.2, -0.15) is 0 Å². The average Bonchev–Trinajstić information content (AvgIpc) is 3.32. The van der Waals surface area contributed by atoms with Gasteiger partial charge in [-0.1, -0.05) is 79.7 Å². The molecule has 1 N–H and O–H groups in total. The second kappa shape index (κ2) is 9.45. The summed E-state index contributed by atoms with van der Waals surface area (Å²) >= 11 is 1.43. The van der Waals surface area contributed by atoms with Crippen LogP contribution in [-0.2, 0) is 17.8 Å². The zero-order chi connectivity index (χ0) is 23.5. The van der Waals surface area contributed by atoms with Gasteiger partial charge in [0.25, 0.3) is 5.56 Å². The van der Waals surface area contributed by atoms with Crippen molar-refractivity contribution in [3.63, 3.8) is 0 Å². The maximum atomic E-state index is 13.3. The lowest BCUT2D eigenvalue weighted by Crippen LogP contribution is -2.28. The molecule has 0 aliphatic heterocycles. The number of nitrogens with one attached hydrogen (secondary N) is 1. The largest absolute Gasteiger partial charge is 0.324 e. The molecule has 0 aliphatic rings. The Morgan fingerprint density at radius 2 is 1.59 bits per heavy atom. The molecule has 6 heteroatoms. The highest BCUT2D eigenvalue weighted by Crippen LogP contribution is 2.32. The molecule has 3 aromatic carbocycles. The molecule has 5 nitrogen and oxygen atoms in total. The van der Waals surface area contributed by atoms with Gasteiger partial charge >= 0.3 is 0 Å². The summed E-state index contributed by atoms with van der Waals surface area (Å²) in [6.07, 6.45) is 2.26. The van der Waals surface area contributed by atoms with E-state index in [0.717, 1.165) is 39.9 Å². The molecular weight excluding hydrogens is 442 g/mol. The lowest BCUT2D eigenvalue weighted by Gasteiger charge is -2.11. The van der Waals surface area contributed by atoms with Crippen molar-refractivity contribution < 1.29 is 4.79 Å². The van der Waals surface area contributed by atoms with E-state index >= 15 is 0 Å². The molecule has 0 saturated carbocycles. The summed E-state index contributed by atoms with van der Waals surface area (Å²) in [6, 6.07) is 26.0. The van der Waals surface area contributed by atoms with Gasteiger partial charge in [-0.15, -0.1) is 11.3 Å². The van der Waals surface area contributed by atoms with Crippen LogP contribution in [0.1, 0.15) is 12.5 Å². The third-order valence-corrected chi connectivity index (χ3v) is 6.74. The minimum atomic E-state index is -0.256. The SMILES string of the molecule is CCc1ccccc1NC(=O)Cn1cnc2scc(-c3ccc(-c4ccccc4)cc3)c2c1=O. The van der Waals surface area contributed by atoms with E-state index in [1.807, 2.05) is 66.9 Å². The Bertz CT molecular complexity index is 1520. The minimum Gasteiger partial charge on any atom is -0.324 e. The van der Waals surface area contributed by atoms with Crippen LogP contribution >= 0.6 is 11.3 Å². The van der Waals surface area contributed by atoms with Crippen molar-refractivity contribution >= 4 is 33.1 Å². The Morgan fingerprint density at radius 1 is 0.912 bits per heavy atom. The number of aryl methyl sites for hydroxylation is 1. The summed E-state index contributed by atoms with van der Waals surface area (Å²) in [5.74, 6) is -0.256. The minimum absolute atomic E-state index is 0.0952. The Labute approximate surface area is 201 Å². The van der Waals surface area contributed by atoms with Gasteiger partial charge in [-0.05, 0) is 34.7 Å². The van der Waals surface area contributed by atoms with E-state index in [1.165, 1.54) is 22.2 Å². The summed E-state index contributed by atoms with van der Waals surface area (Å²) in [7, 11) is 0. The Morgan fingerprint density at radius 3 is 2.35 bits per heavy atom. The van der Waals surface area contributed by atoms with E-state index in [4.69, 9.17) is 0 Å². The zero-order valence-electron chi connectivity index (χ0n) is 18.7. The molecule has 2 heterocycles. The highest BCUT2D eigenvalue weighted by atomic mass is 32.1. The molecule has 0 atom stereocenters. The monoisotopic (exact) mass is 465 g/mol. The number of rotatable bonds is 6. The van der Waals surface area contributed by atoms with Crippen LogP contribution < -0.4 is 10.9 Å². The lowest BCUT2D eigenvalue weighted by molar-refractivity contribution is -0.116. The number of fused-ring (bicyclic) bond motifs is 1. The van der Waals surface area contributed by atoms with Crippen LogP contribution in [0.5, 0.6) is 0 Å². The first kappa shape index (κ1) is 21.8. The molecule has 0 unspecified atom stereocenters. The number of hydrogen-bond donors (Lipinski definition) is 1. The second-order valence-corrected chi connectivity index (χ2v) is 8.87. The number of para-hydroxylation sites is 1. The number of carbonyl (C=O) groups excluding carboxylic acids is 1. The van der Waals surface area contributed by atoms with Crippen LogP contribution in [0.15, 0.2) is 95.4 Å². The summed E-state index contributed by atoms with van der Waals surface area (Å²) < 4.78 is 1.38.